The van der Waals surface area contributed by atoms with Crippen molar-refractivity contribution in [2.24, 2.45) is 0 Å². The molecule has 0 amide bonds. The topological polar surface area (TPSA) is 46.2 Å². The lowest BCUT2D eigenvalue weighted by Crippen LogP contribution is -2.46. The van der Waals surface area contributed by atoms with Gasteiger partial charge in [0.25, 0.3) is 0 Å². The molecule has 1 N–H and O–H groups in total. The van der Waals surface area contributed by atoms with E-state index in [1.165, 1.54) is 12.8 Å². The summed E-state index contributed by atoms with van der Waals surface area (Å²) in [7, 11) is -3.10. The molecule has 2 unspecified atom stereocenters. The lowest BCUT2D eigenvalue weighted by Gasteiger charge is -2.30. The molecule has 0 radical (unpaired) electrons. The third-order valence-electron chi connectivity index (χ3n) is 3.99. The number of sulfonamides is 1. The molecular weight excluding hydrogens is 302 g/mol. The first-order valence-electron chi connectivity index (χ1n) is 6.75. The molecule has 2 fully saturated rings. The number of rotatable bonds is 3. The van der Waals surface area contributed by atoms with Crippen LogP contribution in [-0.4, -0.2) is 24.5 Å². The van der Waals surface area contributed by atoms with E-state index in [1.807, 2.05) is 0 Å². The van der Waals surface area contributed by atoms with E-state index in [9.17, 15) is 8.42 Å². The molecule has 0 aromatic rings. The predicted molar refractivity (Wildman–Crippen MR) is 73.9 cm³/mol. The van der Waals surface area contributed by atoms with E-state index in [2.05, 4.69) is 20.7 Å². The van der Waals surface area contributed by atoms with E-state index in [4.69, 9.17) is 0 Å². The van der Waals surface area contributed by atoms with Crippen molar-refractivity contribution in [3.05, 3.63) is 0 Å². The summed E-state index contributed by atoms with van der Waals surface area (Å²) in [5.41, 5.74) is 0. The van der Waals surface area contributed by atoms with Crippen molar-refractivity contribution in [1.29, 1.82) is 0 Å². The minimum Gasteiger partial charge on any atom is -0.212 e. The highest BCUT2D eigenvalue weighted by Gasteiger charge is 2.32. The third-order valence-corrected chi connectivity index (χ3v) is 7.06. The predicted octanol–water partition coefficient (Wildman–Crippen LogP) is 2.94. The minimum atomic E-state index is -3.10. The highest BCUT2D eigenvalue weighted by Crippen LogP contribution is 2.28. The number of alkyl halides is 1. The second kappa shape index (κ2) is 6.02. The van der Waals surface area contributed by atoms with Gasteiger partial charge in [0.05, 0.1) is 5.25 Å². The second-order valence-electron chi connectivity index (χ2n) is 5.33. The van der Waals surface area contributed by atoms with Gasteiger partial charge < -0.3 is 0 Å². The van der Waals surface area contributed by atoms with Crippen molar-refractivity contribution >= 4 is 26.0 Å². The first kappa shape index (κ1) is 13.8. The van der Waals surface area contributed by atoms with Crippen LogP contribution < -0.4 is 4.72 Å². The van der Waals surface area contributed by atoms with Gasteiger partial charge in [0.1, 0.15) is 0 Å². The summed E-state index contributed by atoms with van der Waals surface area (Å²) in [6.45, 7) is 0. The SMILES string of the molecule is O=S(=O)(NC1CCCCC1Br)C1CCCCC1. The zero-order chi connectivity index (χ0) is 12.3. The Bertz CT molecular complexity index is 338. The first-order valence-corrected chi connectivity index (χ1v) is 9.21. The Labute approximate surface area is 113 Å². The molecule has 0 saturated heterocycles. The second-order valence-corrected chi connectivity index (χ2v) is 8.50. The molecule has 5 heteroatoms. The van der Waals surface area contributed by atoms with E-state index in [1.54, 1.807) is 0 Å². The van der Waals surface area contributed by atoms with Gasteiger partial charge >= 0.3 is 0 Å². The fourth-order valence-corrected chi connectivity index (χ4v) is 5.65. The van der Waals surface area contributed by atoms with Gasteiger partial charge in [-0.05, 0) is 25.7 Å². The highest BCUT2D eigenvalue weighted by molar-refractivity contribution is 9.09. The fourth-order valence-electron chi connectivity index (χ4n) is 2.90. The van der Waals surface area contributed by atoms with Gasteiger partial charge in [-0.25, -0.2) is 13.1 Å². The molecule has 0 bridgehead atoms. The molecule has 0 aromatic carbocycles. The van der Waals surface area contributed by atoms with Crippen LogP contribution in [0.1, 0.15) is 57.8 Å². The van der Waals surface area contributed by atoms with Gasteiger partial charge in [0, 0.05) is 10.9 Å². The Morgan fingerprint density at radius 2 is 1.47 bits per heavy atom. The van der Waals surface area contributed by atoms with Gasteiger partial charge in [0.15, 0.2) is 0 Å². The zero-order valence-electron chi connectivity index (χ0n) is 10.2. The Kier molecular flexibility index (Phi) is 4.89. The molecule has 0 aromatic heterocycles. The molecule has 2 aliphatic carbocycles. The Morgan fingerprint density at radius 1 is 0.882 bits per heavy atom. The van der Waals surface area contributed by atoms with Crippen molar-refractivity contribution in [1.82, 2.24) is 4.72 Å². The monoisotopic (exact) mass is 323 g/mol. The minimum absolute atomic E-state index is 0.107. The Hall–Kier alpha value is 0.390. The number of hydrogen-bond acceptors (Lipinski definition) is 2. The van der Waals surface area contributed by atoms with Crippen LogP contribution in [0.2, 0.25) is 0 Å². The first-order chi connectivity index (χ1) is 8.09. The molecule has 2 aliphatic rings. The standard InChI is InChI=1S/C12H22BrNO2S/c13-11-8-4-5-9-12(11)14-17(15,16)10-6-2-1-3-7-10/h10-12,14H,1-9H2. The lowest BCUT2D eigenvalue weighted by atomic mass is 9.96. The zero-order valence-corrected chi connectivity index (χ0v) is 12.6. The van der Waals surface area contributed by atoms with Gasteiger partial charge in [-0.15, -0.1) is 0 Å². The maximum Gasteiger partial charge on any atom is 0.214 e. The summed E-state index contributed by atoms with van der Waals surface area (Å²) in [5, 5.41) is -0.141. The van der Waals surface area contributed by atoms with Crippen LogP contribution in [0.5, 0.6) is 0 Å². The largest absolute Gasteiger partial charge is 0.214 e. The van der Waals surface area contributed by atoms with E-state index < -0.39 is 10.0 Å². The molecular formula is C12H22BrNO2S. The van der Waals surface area contributed by atoms with Crippen molar-refractivity contribution < 1.29 is 8.42 Å². The lowest BCUT2D eigenvalue weighted by molar-refractivity contribution is 0.417. The number of halogens is 1. The fraction of sp³-hybridized carbons (Fsp3) is 1.00. The van der Waals surface area contributed by atoms with E-state index in [-0.39, 0.29) is 11.3 Å². The molecule has 0 aliphatic heterocycles. The maximum absolute atomic E-state index is 12.3. The van der Waals surface area contributed by atoms with Gasteiger partial charge in [-0.3, -0.25) is 0 Å². The van der Waals surface area contributed by atoms with Crippen molar-refractivity contribution in [2.75, 3.05) is 0 Å². The number of nitrogens with one attached hydrogen (secondary N) is 1. The molecule has 2 atom stereocenters. The van der Waals surface area contributed by atoms with Gasteiger partial charge in [-0.1, -0.05) is 48.0 Å². The van der Waals surface area contributed by atoms with Gasteiger partial charge in [0.2, 0.25) is 10.0 Å². The summed E-state index contributed by atoms with van der Waals surface area (Å²) >= 11 is 3.60. The summed E-state index contributed by atoms with van der Waals surface area (Å²) < 4.78 is 27.5. The maximum atomic E-state index is 12.3. The van der Waals surface area contributed by atoms with Crippen LogP contribution in [0.15, 0.2) is 0 Å². The van der Waals surface area contributed by atoms with Crippen molar-refractivity contribution in [3.63, 3.8) is 0 Å². The molecule has 0 spiro atoms. The van der Waals surface area contributed by atoms with Crippen molar-refractivity contribution in [2.45, 2.75) is 73.9 Å². The van der Waals surface area contributed by atoms with E-state index in [0.717, 1.165) is 44.9 Å². The summed E-state index contributed by atoms with van der Waals surface area (Å²) in [4.78, 5) is 0.314. The van der Waals surface area contributed by atoms with Crippen LogP contribution in [0, 0.1) is 0 Å². The average molecular weight is 324 g/mol. The molecule has 17 heavy (non-hydrogen) atoms. The summed E-state index contributed by atoms with van der Waals surface area (Å²) in [6.07, 6.45) is 9.40. The molecule has 0 heterocycles. The Morgan fingerprint density at radius 3 is 2.12 bits per heavy atom. The normalized spacial score (nSPS) is 32.5. The van der Waals surface area contributed by atoms with Crippen LogP contribution >= 0.6 is 15.9 Å². The van der Waals surface area contributed by atoms with Crippen LogP contribution in [0.3, 0.4) is 0 Å². The van der Waals surface area contributed by atoms with E-state index >= 15 is 0 Å². The molecule has 100 valence electrons. The molecule has 2 rings (SSSR count). The molecule has 2 saturated carbocycles. The summed E-state index contributed by atoms with van der Waals surface area (Å²) in [5.74, 6) is 0. The van der Waals surface area contributed by atoms with E-state index in [0.29, 0.717) is 4.83 Å². The average Bonchev–Trinajstić information content (AvgIpc) is 2.33. The van der Waals surface area contributed by atoms with Crippen LogP contribution in [-0.2, 0) is 10.0 Å². The molecule has 3 nitrogen and oxygen atoms in total. The van der Waals surface area contributed by atoms with Gasteiger partial charge in [-0.2, -0.15) is 0 Å². The van der Waals surface area contributed by atoms with Crippen LogP contribution in [0.4, 0.5) is 0 Å². The highest BCUT2D eigenvalue weighted by atomic mass is 79.9. The summed E-state index contributed by atoms with van der Waals surface area (Å²) in [6, 6.07) is 0.107. The Balaban J connectivity index is 1.95. The number of hydrogen-bond donors (Lipinski definition) is 1. The quantitative estimate of drug-likeness (QED) is 0.811. The smallest absolute Gasteiger partial charge is 0.212 e. The third kappa shape index (κ3) is 3.67. The van der Waals surface area contributed by atoms with Crippen LogP contribution in [0.25, 0.3) is 0 Å². The van der Waals surface area contributed by atoms with Crippen molar-refractivity contribution in [3.8, 4) is 0 Å².